The van der Waals surface area contributed by atoms with Gasteiger partial charge in [0.1, 0.15) is 0 Å². The third-order valence-corrected chi connectivity index (χ3v) is 1.51. The number of terminal acetylenes is 2. The molecule has 1 nitrogen and oxygen atoms in total. The zero-order chi connectivity index (χ0) is 7.98. The van der Waals surface area contributed by atoms with E-state index in [2.05, 4.69) is 16.7 Å². The summed E-state index contributed by atoms with van der Waals surface area (Å²) in [7, 11) is 1.97. The summed E-state index contributed by atoms with van der Waals surface area (Å²) in [6.45, 7) is 2.86. The van der Waals surface area contributed by atoms with E-state index in [0.717, 1.165) is 13.0 Å². The first-order valence-corrected chi connectivity index (χ1v) is 3.32. The topological polar surface area (TPSA) is 3.24 Å². The van der Waals surface area contributed by atoms with E-state index in [1.165, 1.54) is 0 Å². The van der Waals surface area contributed by atoms with Gasteiger partial charge in [-0.25, -0.2) is 0 Å². The Labute approximate surface area is 63.4 Å². The number of rotatable bonds is 3. The molecule has 0 heterocycles. The summed E-state index contributed by atoms with van der Waals surface area (Å²) in [5, 5.41) is 0. The van der Waals surface area contributed by atoms with Gasteiger partial charge < -0.3 is 0 Å². The second kappa shape index (κ2) is 4.91. The van der Waals surface area contributed by atoms with Crippen LogP contribution in [-0.2, 0) is 0 Å². The molecule has 0 saturated heterocycles. The molecular weight excluding hydrogens is 122 g/mol. The first-order valence-electron chi connectivity index (χ1n) is 3.32. The van der Waals surface area contributed by atoms with Gasteiger partial charge in [-0.15, -0.1) is 18.8 Å². The van der Waals surface area contributed by atoms with E-state index in [1.54, 1.807) is 0 Å². The normalized spacial score (nSPS) is 12.1. The highest BCUT2D eigenvalue weighted by atomic mass is 15.1. The van der Waals surface area contributed by atoms with Crippen LogP contribution in [-0.4, -0.2) is 24.5 Å². The van der Waals surface area contributed by atoms with Crippen molar-refractivity contribution in [3.63, 3.8) is 0 Å². The molecule has 1 unspecified atom stereocenters. The monoisotopic (exact) mass is 135 g/mol. The molecule has 0 aromatic rings. The predicted octanol–water partition coefficient (Wildman–Crippen LogP) is 0.963. The fraction of sp³-hybridized carbons (Fsp3) is 0.556. The Bertz CT molecular complexity index is 159. The summed E-state index contributed by atoms with van der Waals surface area (Å²) < 4.78 is 0. The van der Waals surface area contributed by atoms with Crippen LogP contribution in [0.15, 0.2) is 0 Å². The smallest absolute Gasteiger partial charge is 0.0681 e. The average molecular weight is 135 g/mol. The molecule has 0 aliphatic carbocycles. The summed E-state index contributed by atoms with van der Waals surface area (Å²) in [6.07, 6.45) is 11.1. The number of hydrogen-bond acceptors (Lipinski definition) is 1. The lowest BCUT2D eigenvalue weighted by Gasteiger charge is -2.18. The molecule has 0 spiro atoms. The Morgan fingerprint density at radius 1 is 1.50 bits per heavy atom. The average Bonchev–Trinajstić information content (AvgIpc) is 1.98. The molecule has 0 aromatic heterocycles. The predicted molar refractivity (Wildman–Crippen MR) is 44.4 cm³/mol. The highest BCUT2D eigenvalue weighted by molar-refractivity contribution is 4.97. The van der Waals surface area contributed by atoms with Gasteiger partial charge in [-0.2, -0.15) is 0 Å². The van der Waals surface area contributed by atoms with Crippen LogP contribution in [0.4, 0.5) is 0 Å². The van der Waals surface area contributed by atoms with E-state index in [1.807, 2.05) is 14.0 Å². The molecule has 0 bridgehead atoms. The van der Waals surface area contributed by atoms with Gasteiger partial charge in [0, 0.05) is 13.0 Å². The van der Waals surface area contributed by atoms with Gasteiger partial charge in [0.15, 0.2) is 0 Å². The lowest BCUT2D eigenvalue weighted by molar-refractivity contribution is 0.312. The number of nitrogens with zero attached hydrogens (tertiary/aromatic N) is 1. The molecule has 54 valence electrons. The van der Waals surface area contributed by atoms with Crippen molar-refractivity contribution >= 4 is 0 Å². The van der Waals surface area contributed by atoms with Crippen molar-refractivity contribution in [3.8, 4) is 24.7 Å². The summed E-state index contributed by atoms with van der Waals surface area (Å²) in [5.74, 6) is 5.20. The van der Waals surface area contributed by atoms with Crippen LogP contribution in [0.1, 0.15) is 13.3 Å². The fourth-order valence-electron chi connectivity index (χ4n) is 0.562. The molecule has 0 aliphatic heterocycles. The SMILES string of the molecule is C#CCCN(C)C(C)C#C. The van der Waals surface area contributed by atoms with E-state index >= 15 is 0 Å². The van der Waals surface area contributed by atoms with Gasteiger partial charge in [-0.1, -0.05) is 5.92 Å². The van der Waals surface area contributed by atoms with Gasteiger partial charge in [-0.3, -0.25) is 4.90 Å². The van der Waals surface area contributed by atoms with E-state index in [-0.39, 0.29) is 6.04 Å². The summed E-state index contributed by atoms with van der Waals surface area (Å²) in [5.41, 5.74) is 0. The van der Waals surface area contributed by atoms with E-state index in [0.29, 0.717) is 0 Å². The zero-order valence-electron chi connectivity index (χ0n) is 6.59. The van der Waals surface area contributed by atoms with Crippen LogP contribution < -0.4 is 0 Å². The lowest BCUT2D eigenvalue weighted by atomic mass is 10.3. The molecule has 0 aromatic carbocycles. The summed E-state index contributed by atoms with van der Waals surface area (Å²) in [4.78, 5) is 2.06. The van der Waals surface area contributed by atoms with Crippen LogP contribution in [0.25, 0.3) is 0 Å². The molecule has 0 aliphatic rings. The Morgan fingerprint density at radius 3 is 2.50 bits per heavy atom. The second-order valence-electron chi connectivity index (χ2n) is 2.28. The summed E-state index contributed by atoms with van der Waals surface area (Å²) in [6, 6.07) is 0.188. The molecule has 0 radical (unpaired) electrons. The molecular formula is C9H13N. The van der Waals surface area contributed by atoms with Crippen molar-refractivity contribution in [2.75, 3.05) is 13.6 Å². The first kappa shape index (κ1) is 9.08. The van der Waals surface area contributed by atoms with Gasteiger partial charge in [0.05, 0.1) is 6.04 Å². The minimum absolute atomic E-state index is 0.188. The van der Waals surface area contributed by atoms with Crippen LogP contribution in [0.3, 0.4) is 0 Å². The quantitative estimate of drug-likeness (QED) is 0.521. The van der Waals surface area contributed by atoms with Crippen molar-refractivity contribution < 1.29 is 0 Å². The highest BCUT2D eigenvalue weighted by Crippen LogP contribution is 1.93. The van der Waals surface area contributed by atoms with Crippen molar-refractivity contribution in [1.82, 2.24) is 4.90 Å². The minimum Gasteiger partial charge on any atom is -0.292 e. The van der Waals surface area contributed by atoms with Crippen molar-refractivity contribution in [2.45, 2.75) is 19.4 Å². The second-order valence-corrected chi connectivity index (χ2v) is 2.28. The van der Waals surface area contributed by atoms with Crippen LogP contribution in [0.5, 0.6) is 0 Å². The van der Waals surface area contributed by atoms with Gasteiger partial charge in [0.2, 0.25) is 0 Å². The standard InChI is InChI=1S/C9H13N/c1-5-7-8-10(4)9(3)6-2/h1-2,9H,7-8H2,3-4H3. The Morgan fingerprint density at radius 2 is 2.10 bits per heavy atom. The molecule has 0 fully saturated rings. The largest absolute Gasteiger partial charge is 0.292 e. The molecule has 0 saturated carbocycles. The molecule has 10 heavy (non-hydrogen) atoms. The maximum atomic E-state index is 5.20. The Hall–Kier alpha value is -0.920. The first-order chi connectivity index (χ1) is 4.72. The van der Waals surface area contributed by atoms with Gasteiger partial charge in [-0.05, 0) is 14.0 Å². The van der Waals surface area contributed by atoms with Crippen molar-refractivity contribution in [2.24, 2.45) is 0 Å². The molecule has 0 amide bonds. The molecule has 1 heteroatoms. The third kappa shape index (κ3) is 3.17. The molecule has 1 atom stereocenters. The lowest BCUT2D eigenvalue weighted by Crippen LogP contribution is -2.28. The van der Waals surface area contributed by atoms with Crippen LogP contribution in [0.2, 0.25) is 0 Å². The highest BCUT2D eigenvalue weighted by Gasteiger charge is 2.02. The van der Waals surface area contributed by atoms with Gasteiger partial charge >= 0.3 is 0 Å². The Balaban J connectivity index is 3.56. The van der Waals surface area contributed by atoms with Crippen molar-refractivity contribution in [1.29, 1.82) is 0 Å². The van der Waals surface area contributed by atoms with Crippen LogP contribution >= 0.6 is 0 Å². The zero-order valence-corrected chi connectivity index (χ0v) is 6.59. The number of hydrogen-bond donors (Lipinski definition) is 0. The van der Waals surface area contributed by atoms with Crippen molar-refractivity contribution in [3.05, 3.63) is 0 Å². The van der Waals surface area contributed by atoms with E-state index < -0.39 is 0 Å². The van der Waals surface area contributed by atoms with Gasteiger partial charge in [0.25, 0.3) is 0 Å². The fourth-order valence-corrected chi connectivity index (χ4v) is 0.562. The molecule has 0 rings (SSSR count). The maximum Gasteiger partial charge on any atom is 0.0681 e. The van der Waals surface area contributed by atoms with E-state index in [9.17, 15) is 0 Å². The maximum absolute atomic E-state index is 5.20. The Kier molecular flexibility index (Phi) is 4.46. The molecule has 0 N–H and O–H groups in total. The van der Waals surface area contributed by atoms with E-state index in [4.69, 9.17) is 12.8 Å². The van der Waals surface area contributed by atoms with Crippen LogP contribution in [0, 0.1) is 24.7 Å². The third-order valence-electron chi connectivity index (χ3n) is 1.51. The minimum atomic E-state index is 0.188. The summed E-state index contributed by atoms with van der Waals surface area (Å²) >= 11 is 0.